The van der Waals surface area contributed by atoms with Crippen molar-refractivity contribution in [2.24, 2.45) is 11.7 Å². The molecule has 2 N–H and O–H groups in total. The molecular formula is C15H24N4S. The lowest BCUT2D eigenvalue weighted by molar-refractivity contribution is 0.263. The summed E-state index contributed by atoms with van der Waals surface area (Å²) < 4.78 is 0. The van der Waals surface area contributed by atoms with Gasteiger partial charge >= 0.3 is 0 Å². The number of aromatic nitrogens is 2. The number of fused-ring (bicyclic) bond motifs is 1. The fourth-order valence-corrected chi connectivity index (χ4v) is 4.40. The number of aryl methyl sites for hydroxylation is 2. The van der Waals surface area contributed by atoms with Crippen LogP contribution in [0.15, 0.2) is 0 Å². The Kier molecular flexibility index (Phi) is 4.29. The molecule has 3 rings (SSSR count). The lowest BCUT2D eigenvalue weighted by Crippen LogP contribution is -2.34. The molecule has 0 spiro atoms. The summed E-state index contributed by atoms with van der Waals surface area (Å²) in [6.45, 7) is 4.05. The molecule has 4 nitrogen and oxygen atoms in total. The minimum Gasteiger partial charge on any atom is -0.330 e. The maximum Gasteiger partial charge on any atom is 0.146 e. The van der Waals surface area contributed by atoms with Crippen LogP contribution in [-0.4, -0.2) is 46.5 Å². The zero-order valence-corrected chi connectivity index (χ0v) is 13.2. The van der Waals surface area contributed by atoms with E-state index in [0.717, 1.165) is 37.5 Å². The monoisotopic (exact) mass is 292 g/mol. The van der Waals surface area contributed by atoms with Gasteiger partial charge in [-0.15, -0.1) is 0 Å². The summed E-state index contributed by atoms with van der Waals surface area (Å²) in [5, 5.41) is 0. The molecule has 1 aliphatic heterocycles. The van der Waals surface area contributed by atoms with Crippen LogP contribution >= 0.6 is 11.8 Å². The first kappa shape index (κ1) is 14.3. The molecule has 5 heteroatoms. The van der Waals surface area contributed by atoms with Crippen molar-refractivity contribution in [2.75, 3.05) is 31.6 Å². The van der Waals surface area contributed by atoms with Crippen molar-refractivity contribution in [1.82, 2.24) is 14.9 Å². The predicted molar refractivity (Wildman–Crippen MR) is 84.0 cm³/mol. The van der Waals surface area contributed by atoms with Crippen molar-refractivity contribution in [2.45, 2.75) is 32.2 Å². The van der Waals surface area contributed by atoms with E-state index in [4.69, 9.17) is 15.7 Å². The molecule has 1 fully saturated rings. The molecule has 2 heterocycles. The second-order valence-electron chi connectivity index (χ2n) is 6.01. The van der Waals surface area contributed by atoms with E-state index in [-0.39, 0.29) is 0 Å². The van der Waals surface area contributed by atoms with E-state index in [0.29, 0.717) is 12.0 Å². The summed E-state index contributed by atoms with van der Waals surface area (Å²) in [5.41, 5.74) is 9.64. The highest BCUT2D eigenvalue weighted by Gasteiger charge is 2.27. The number of nitrogens with zero attached hydrogens (tertiary/aromatic N) is 3. The van der Waals surface area contributed by atoms with Gasteiger partial charge in [0.05, 0.1) is 6.04 Å². The number of rotatable bonds is 2. The van der Waals surface area contributed by atoms with Gasteiger partial charge in [0.25, 0.3) is 0 Å². The van der Waals surface area contributed by atoms with Gasteiger partial charge < -0.3 is 5.73 Å². The van der Waals surface area contributed by atoms with Gasteiger partial charge in [0, 0.05) is 29.4 Å². The molecule has 2 unspecified atom stereocenters. The molecule has 0 amide bonds. The molecule has 1 aliphatic carbocycles. The maximum absolute atomic E-state index is 5.83. The van der Waals surface area contributed by atoms with Crippen molar-refractivity contribution >= 4 is 11.8 Å². The minimum atomic E-state index is 0.380. The third-order valence-corrected chi connectivity index (χ3v) is 5.65. The first-order valence-electron chi connectivity index (χ1n) is 7.53. The van der Waals surface area contributed by atoms with Crippen LogP contribution in [0.25, 0.3) is 0 Å². The van der Waals surface area contributed by atoms with E-state index in [2.05, 4.69) is 18.9 Å². The van der Waals surface area contributed by atoms with Gasteiger partial charge in [-0.25, -0.2) is 9.97 Å². The lowest BCUT2D eigenvalue weighted by atomic mass is 9.86. The molecule has 110 valence electrons. The van der Waals surface area contributed by atoms with Gasteiger partial charge in [0.15, 0.2) is 0 Å². The van der Waals surface area contributed by atoms with E-state index in [1.54, 1.807) is 0 Å². The average Bonchev–Trinajstić information content (AvgIpc) is 2.47. The standard InChI is InChI=1S/C15H24N4S/c1-10-12-7-11(8-16)3-4-13(12)18-15(17-10)14-9-20-6-5-19(14)2/h11,14H,3-9,16H2,1-2H3. The van der Waals surface area contributed by atoms with E-state index >= 15 is 0 Å². The molecule has 2 atom stereocenters. The number of nitrogens with two attached hydrogens (primary N) is 1. The molecule has 0 radical (unpaired) electrons. The Morgan fingerprint density at radius 3 is 3.00 bits per heavy atom. The average molecular weight is 292 g/mol. The summed E-state index contributed by atoms with van der Waals surface area (Å²) in [6.07, 6.45) is 3.30. The highest BCUT2D eigenvalue weighted by Crippen LogP contribution is 2.30. The van der Waals surface area contributed by atoms with E-state index in [9.17, 15) is 0 Å². The SMILES string of the molecule is Cc1nc(C2CSCCN2C)nc2c1CC(CN)CC2. The molecule has 1 aromatic rings. The van der Waals surface area contributed by atoms with Gasteiger partial charge in [-0.2, -0.15) is 11.8 Å². The first-order valence-corrected chi connectivity index (χ1v) is 8.69. The molecule has 2 aliphatic rings. The lowest BCUT2D eigenvalue weighted by Gasteiger charge is -2.32. The molecule has 0 saturated carbocycles. The Labute approximate surface area is 125 Å². The molecular weight excluding hydrogens is 268 g/mol. The van der Waals surface area contributed by atoms with Gasteiger partial charge in [-0.05, 0) is 51.3 Å². The predicted octanol–water partition coefficient (Wildman–Crippen LogP) is 1.57. The fourth-order valence-electron chi connectivity index (χ4n) is 3.19. The van der Waals surface area contributed by atoms with Crippen molar-refractivity contribution in [3.05, 3.63) is 22.8 Å². The van der Waals surface area contributed by atoms with Crippen molar-refractivity contribution in [3.63, 3.8) is 0 Å². The Morgan fingerprint density at radius 1 is 1.40 bits per heavy atom. The Balaban J connectivity index is 1.90. The zero-order chi connectivity index (χ0) is 14.1. The molecule has 1 saturated heterocycles. The van der Waals surface area contributed by atoms with Crippen LogP contribution in [0.4, 0.5) is 0 Å². The van der Waals surface area contributed by atoms with Crippen molar-refractivity contribution < 1.29 is 0 Å². The van der Waals surface area contributed by atoms with Gasteiger partial charge in [0.2, 0.25) is 0 Å². The summed E-state index contributed by atoms with van der Waals surface area (Å²) in [5.74, 6) is 3.97. The largest absolute Gasteiger partial charge is 0.330 e. The van der Waals surface area contributed by atoms with Gasteiger partial charge in [-0.3, -0.25) is 4.90 Å². The van der Waals surface area contributed by atoms with Crippen molar-refractivity contribution in [1.29, 1.82) is 0 Å². The second-order valence-corrected chi connectivity index (χ2v) is 7.16. The van der Waals surface area contributed by atoms with E-state index in [1.165, 1.54) is 29.1 Å². The normalized spacial score (nSPS) is 27.4. The van der Waals surface area contributed by atoms with Crippen LogP contribution in [0, 0.1) is 12.8 Å². The van der Waals surface area contributed by atoms with E-state index in [1.807, 2.05) is 11.8 Å². The molecule has 0 aromatic carbocycles. The fraction of sp³-hybridized carbons (Fsp3) is 0.733. The van der Waals surface area contributed by atoms with Crippen molar-refractivity contribution in [3.8, 4) is 0 Å². The highest BCUT2D eigenvalue weighted by molar-refractivity contribution is 7.99. The zero-order valence-electron chi connectivity index (χ0n) is 12.4. The first-order chi connectivity index (χ1) is 9.69. The topological polar surface area (TPSA) is 55.0 Å². The summed E-state index contributed by atoms with van der Waals surface area (Å²) in [4.78, 5) is 12.1. The second kappa shape index (κ2) is 6.00. The van der Waals surface area contributed by atoms with Crippen LogP contribution in [0.2, 0.25) is 0 Å². The summed E-state index contributed by atoms with van der Waals surface area (Å²) in [7, 11) is 2.19. The highest BCUT2D eigenvalue weighted by atomic mass is 32.2. The smallest absolute Gasteiger partial charge is 0.146 e. The molecule has 0 bridgehead atoms. The third-order valence-electron chi connectivity index (χ3n) is 4.63. The number of hydrogen-bond donors (Lipinski definition) is 1. The summed E-state index contributed by atoms with van der Waals surface area (Å²) >= 11 is 2.01. The van der Waals surface area contributed by atoms with E-state index < -0.39 is 0 Å². The quantitative estimate of drug-likeness (QED) is 0.896. The van der Waals surface area contributed by atoms with Crippen LogP contribution in [0.1, 0.15) is 35.2 Å². The molecule has 20 heavy (non-hydrogen) atoms. The van der Waals surface area contributed by atoms with Gasteiger partial charge in [-0.1, -0.05) is 0 Å². The van der Waals surface area contributed by atoms with Crippen LogP contribution in [-0.2, 0) is 12.8 Å². The van der Waals surface area contributed by atoms with Crippen LogP contribution in [0.5, 0.6) is 0 Å². The number of thioether (sulfide) groups is 1. The summed E-state index contributed by atoms with van der Waals surface area (Å²) in [6, 6.07) is 0.380. The Bertz CT molecular complexity index is 491. The Hall–Kier alpha value is -0.650. The molecule has 1 aromatic heterocycles. The minimum absolute atomic E-state index is 0.380. The maximum atomic E-state index is 5.83. The van der Waals surface area contributed by atoms with Crippen LogP contribution < -0.4 is 5.73 Å². The van der Waals surface area contributed by atoms with Gasteiger partial charge in [0.1, 0.15) is 5.82 Å². The Morgan fingerprint density at radius 2 is 2.25 bits per heavy atom. The number of hydrogen-bond acceptors (Lipinski definition) is 5. The van der Waals surface area contributed by atoms with Crippen LogP contribution in [0.3, 0.4) is 0 Å². The third kappa shape index (κ3) is 2.71.